The highest BCUT2D eigenvalue weighted by Crippen LogP contribution is 2.25. The number of nitrogens with zero attached hydrogens (tertiary/aromatic N) is 1. The van der Waals surface area contributed by atoms with Gasteiger partial charge in [-0.1, -0.05) is 35.9 Å². The molecule has 2 nitrogen and oxygen atoms in total. The molecule has 3 rings (SSSR count). The molecule has 2 heteroatoms. The number of benzene rings is 2. The second-order valence-electron chi connectivity index (χ2n) is 5.29. The molecule has 3 aromatic rings. The number of rotatable bonds is 2. The van der Waals surface area contributed by atoms with E-state index in [1.54, 1.807) is 0 Å². The molecule has 0 aliphatic carbocycles. The number of fused-ring (bicyclic) bond motifs is 1. The fraction of sp³-hybridized carbons (Fsp3) is 0.167. The molecule has 0 amide bonds. The summed E-state index contributed by atoms with van der Waals surface area (Å²) in [7, 11) is 0. The van der Waals surface area contributed by atoms with Crippen LogP contribution < -0.4 is 5.73 Å². The normalized spacial score (nSPS) is 12.6. The first kappa shape index (κ1) is 12.8. The van der Waals surface area contributed by atoms with E-state index in [2.05, 4.69) is 55.2 Å². The lowest BCUT2D eigenvalue weighted by Crippen LogP contribution is -2.13. The Morgan fingerprint density at radius 1 is 1.00 bits per heavy atom. The lowest BCUT2D eigenvalue weighted by Gasteiger charge is -2.16. The number of aromatic nitrogens is 1. The monoisotopic (exact) mass is 262 g/mol. The van der Waals surface area contributed by atoms with Crippen LogP contribution in [0.5, 0.6) is 0 Å². The van der Waals surface area contributed by atoms with Crippen LogP contribution in [-0.2, 0) is 0 Å². The zero-order valence-corrected chi connectivity index (χ0v) is 11.8. The van der Waals surface area contributed by atoms with Gasteiger partial charge >= 0.3 is 0 Å². The zero-order valence-electron chi connectivity index (χ0n) is 11.8. The van der Waals surface area contributed by atoms with Crippen LogP contribution in [0, 0.1) is 13.8 Å². The third-order valence-corrected chi connectivity index (χ3v) is 3.75. The lowest BCUT2D eigenvalue weighted by molar-refractivity contribution is 0.862. The SMILES string of the molecule is Cc1ccc(C(N)c2ccc3ncccc3c2)c(C)c1. The average molecular weight is 262 g/mol. The Morgan fingerprint density at radius 3 is 2.65 bits per heavy atom. The molecule has 0 aliphatic heterocycles. The van der Waals surface area contributed by atoms with Crippen molar-refractivity contribution in [3.63, 3.8) is 0 Å². The Labute approximate surface area is 119 Å². The Bertz CT molecular complexity index is 762. The van der Waals surface area contributed by atoms with E-state index in [1.165, 1.54) is 16.7 Å². The molecule has 2 N–H and O–H groups in total. The van der Waals surface area contributed by atoms with Crippen LogP contribution in [0.15, 0.2) is 54.7 Å². The first-order chi connectivity index (χ1) is 9.65. The summed E-state index contributed by atoms with van der Waals surface area (Å²) in [6.07, 6.45) is 1.81. The predicted molar refractivity (Wildman–Crippen MR) is 83.7 cm³/mol. The maximum absolute atomic E-state index is 6.44. The van der Waals surface area contributed by atoms with Crippen molar-refractivity contribution in [1.29, 1.82) is 0 Å². The molecule has 0 saturated carbocycles. The summed E-state index contributed by atoms with van der Waals surface area (Å²) in [6.45, 7) is 4.22. The topological polar surface area (TPSA) is 38.9 Å². The minimum atomic E-state index is -0.0970. The fourth-order valence-electron chi connectivity index (χ4n) is 2.64. The highest BCUT2D eigenvalue weighted by atomic mass is 14.7. The number of aryl methyl sites for hydroxylation is 2. The maximum atomic E-state index is 6.44. The molecule has 0 saturated heterocycles. The Kier molecular flexibility index (Phi) is 3.25. The van der Waals surface area contributed by atoms with Crippen LogP contribution in [0.3, 0.4) is 0 Å². The van der Waals surface area contributed by atoms with Gasteiger partial charge in [-0.05, 0) is 48.7 Å². The Balaban J connectivity index is 2.05. The van der Waals surface area contributed by atoms with Crippen molar-refractivity contribution in [2.75, 3.05) is 0 Å². The van der Waals surface area contributed by atoms with Crippen molar-refractivity contribution in [1.82, 2.24) is 4.98 Å². The highest BCUT2D eigenvalue weighted by molar-refractivity contribution is 5.79. The van der Waals surface area contributed by atoms with Crippen LogP contribution >= 0.6 is 0 Å². The second kappa shape index (κ2) is 5.06. The molecule has 1 atom stereocenters. The third-order valence-electron chi connectivity index (χ3n) is 3.75. The van der Waals surface area contributed by atoms with Gasteiger partial charge in [0.1, 0.15) is 0 Å². The summed E-state index contributed by atoms with van der Waals surface area (Å²) in [4.78, 5) is 4.34. The van der Waals surface area contributed by atoms with Crippen LogP contribution in [-0.4, -0.2) is 4.98 Å². The molecular formula is C18H18N2. The second-order valence-corrected chi connectivity index (χ2v) is 5.29. The number of hydrogen-bond donors (Lipinski definition) is 1. The largest absolute Gasteiger partial charge is 0.320 e. The van der Waals surface area contributed by atoms with E-state index in [9.17, 15) is 0 Å². The van der Waals surface area contributed by atoms with Crippen LogP contribution in [0.25, 0.3) is 10.9 Å². The minimum Gasteiger partial charge on any atom is -0.320 e. The summed E-state index contributed by atoms with van der Waals surface area (Å²) >= 11 is 0. The summed E-state index contributed by atoms with van der Waals surface area (Å²) < 4.78 is 0. The van der Waals surface area contributed by atoms with E-state index in [0.717, 1.165) is 16.5 Å². The molecule has 100 valence electrons. The van der Waals surface area contributed by atoms with Crippen molar-refractivity contribution >= 4 is 10.9 Å². The van der Waals surface area contributed by atoms with E-state index in [4.69, 9.17) is 5.73 Å². The van der Waals surface area contributed by atoms with Crippen LogP contribution in [0.1, 0.15) is 28.3 Å². The number of nitrogens with two attached hydrogens (primary N) is 1. The van der Waals surface area contributed by atoms with Crippen molar-refractivity contribution in [3.05, 3.63) is 77.0 Å². The minimum absolute atomic E-state index is 0.0970. The maximum Gasteiger partial charge on any atom is 0.0702 e. The van der Waals surface area contributed by atoms with E-state index < -0.39 is 0 Å². The summed E-state index contributed by atoms with van der Waals surface area (Å²) in [6, 6.07) is 16.6. The Morgan fingerprint density at radius 2 is 1.85 bits per heavy atom. The number of pyridine rings is 1. The molecule has 0 fully saturated rings. The molecule has 0 spiro atoms. The van der Waals surface area contributed by atoms with E-state index in [0.29, 0.717) is 0 Å². The lowest BCUT2D eigenvalue weighted by atomic mass is 9.94. The van der Waals surface area contributed by atoms with Gasteiger partial charge in [0.2, 0.25) is 0 Å². The quantitative estimate of drug-likeness (QED) is 0.760. The van der Waals surface area contributed by atoms with Crippen LogP contribution in [0.4, 0.5) is 0 Å². The summed E-state index contributed by atoms with van der Waals surface area (Å²) in [5, 5.41) is 1.13. The summed E-state index contributed by atoms with van der Waals surface area (Å²) in [5.74, 6) is 0. The molecular weight excluding hydrogens is 244 g/mol. The molecule has 0 aliphatic rings. The predicted octanol–water partition coefficient (Wildman–Crippen LogP) is 3.90. The van der Waals surface area contributed by atoms with Gasteiger partial charge in [-0.15, -0.1) is 0 Å². The first-order valence-electron chi connectivity index (χ1n) is 6.82. The molecule has 1 aromatic heterocycles. The van der Waals surface area contributed by atoms with Gasteiger partial charge in [0.25, 0.3) is 0 Å². The van der Waals surface area contributed by atoms with Crippen molar-refractivity contribution in [3.8, 4) is 0 Å². The van der Waals surface area contributed by atoms with Gasteiger partial charge in [-0.2, -0.15) is 0 Å². The average Bonchev–Trinajstić information content (AvgIpc) is 2.46. The highest BCUT2D eigenvalue weighted by Gasteiger charge is 2.12. The smallest absolute Gasteiger partial charge is 0.0702 e. The first-order valence-corrected chi connectivity index (χ1v) is 6.82. The van der Waals surface area contributed by atoms with E-state index >= 15 is 0 Å². The molecule has 0 radical (unpaired) electrons. The molecule has 2 aromatic carbocycles. The van der Waals surface area contributed by atoms with Gasteiger partial charge in [-0.25, -0.2) is 0 Å². The summed E-state index contributed by atoms with van der Waals surface area (Å²) in [5.41, 5.74) is 12.2. The van der Waals surface area contributed by atoms with Crippen molar-refractivity contribution in [2.24, 2.45) is 5.73 Å². The van der Waals surface area contributed by atoms with Gasteiger partial charge in [0.05, 0.1) is 11.6 Å². The third kappa shape index (κ3) is 2.30. The molecule has 20 heavy (non-hydrogen) atoms. The van der Waals surface area contributed by atoms with Gasteiger partial charge in [0.15, 0.2) is 0 Å². The van der Waals surface area contributed by atoms with Gasteiger partial charge in [-0.3, -0.25) is 4.98 Å². The fourth-order valence-corrected chi connectivity index (χ4v) is 2.64. The number of hydrogen-bond acceptors (Lipinski definition) is 2. The van der Waals surface area contributed by atoms with E-state index in [-0.39, 0.29) is 6.04 Å². The van der Waals surface area contributed by atoms with Crippen molar-refractivity contribution in [2.45, 2.75) is 19.9 Å². The standard InChI is InChI=1S/C18H18N2/c1-12-5-7-16(13(2)10-12)18(19)15-6-8-17-14(11-15)4-3-9-20-17/h3-11,18H,19H2,1-2H3. The molecule has 1 unspecified atom stereocenters. The zero-order chi connectivity index (χ0) is 14.1. The molecule has 1 heterocycles. The van der Waals surface area contributed by atoms with Gasteiger partial charge in [0, 0.05) is 11.6 Å². The van der Waals surface area contributed by atoms with E-state index in [1.807, 2.05) is 18.3 Å². The Hall–Kier alpha value is -2.19. The molecule has 0 bridgehead atoms. The van der Waals surface area contributed by atoms with Gasteiger partial charge < -0.3 is 5.73 Å². The van der Waals surface area contributed by atoms with Crippen LogP contribution in [0.2, 0.25) is 0 Å². The van der Waals surface area contributed by atoms with Crippen molar-refractivity contribution < 1.29 is 0 Å².